The standard InChI is InChI=1S/C17H26N2O3S.C2HF3O2/c1-18(2)11-14-5-6-17(22-14)12-19(7-8-21-13-17)16(20)10-15-4-3-9-23-15;3-2(4,5)1(6)7/h3-4,9,14H,5-8,10-13H2,1-2H3;(H,6,7). The summed E-state index contributed by atoms with van der Waals surface area (Å²) < 4.78 is 43.8. The summed E-state index contributed by atoms with van der Waals surface area (Å²) in [4.78, 5) is 26.7. The average Bonchev–Trinajstić information content (AvgIpc) is 3.21. The summed E-state index contributed by atoms with van der Waals surface area (Å²) in [5.41, 5.74) is -0.317. The number of carboxylic acid groups (broad SMARTS) is 1. The second-order valence-electron chi connectivity index (χ2n) is 7.65. The Morgan fingerprint density at radius 1 is 1.40 bits per heavy atom. The van der Waals surface area contributed by atoms with Crippen molar-refractivity contribution in [3.8, 4) is 0 Å². The Morgan fingerprint density at radius 2 is 2.10 bits per heavy atom. The molecule has 0 radical (unpaired) electrons. The normalized spacial score (nSPS) is 24.5. The second-order valence-corrected chi connectivity index (χ2v) is 8.68. The lowest BCUT2D eigenvalue weighted by molar-refractivity contribution is -0.192. The molecule has 1 amide bonds. The van der Waals surface area contributed by atoms with Gasteiger partial charge in [-0.3, -0.25) is 4.79 Å². The number of hydrogen-bond acceptors (Lipinski definition) is 6. The number of carboxylic acids is 1. The summed E-state index contributed by atoms with van der Waals surface area (Å²) in [5.74, 6) is -2.58. The highest BCUT2D eigenvalue weighted by Gasteiger charge is 2.44. The first kappa shape index (κ1) is 24.6. The third kappa shape index (κ3) is 7.53. The van der Waals surface area contributed by atoms with Gasteiger partial charge in [0.2, 0.25) is 5.91 Å². The molecule has 7 nitrogen and oxygen atoms in total. The molecule has 170 valence electrons. The number of aliphatic carboxylic acids is 1. The molecule has 3 heterocycles. The Labute approximate surface area is 177 Å². The van der Waals surface area contributed by atoms with Crippen molar-refractivity contribution in [1.29, 1.82) is 0 Å². The second kappa shape index (κ2) is 10.6. The predicted octanol–water partition coefficient (Wildman–Crippen LogP) is 2.26. The van der Waals surface area contributed by atoms with Crippen LogP contribution in [-0.4, -0.2) is 91.6 Å². The van der Waals surface area contributed by atoms with Gasteiger partial charge in [0.15, 0.2) is 0 Å². The number of thiophene rings is 1. The Bertz CT molecular complexity index is 699. The summed E-state index contributed by atoms with van der Waals surface area (Å²) in [5, 5.41) is 9.14. The van der Waals surface area contributed by atoms with Gasteiger partial charge in [-0.1, -0.05) is 6.07 Å². The van der Waals surface area contributed by atoms with Crippen molar-refractivity contribution in [2.45, 2.75) is 37.1 Å². The Kier molecular flexibility index (Phi) is 8.65. The highest BCUT2D eigenvalue weighted by molar-refractivity contribution is 7.10. The number of carbonyl (C=O) groups excluding carboxylic acids is 1. The van der Waals surface area contributed by atoms with Crippen molar-refractivity contribution in [3.05, 3.63) is 22.4 Å². The number of hydrogen-bond donors (Lipinski definition) is 1. The van der Waals surface area contributed by atoms with E-state index in [0.29, 0.717) is 32.7 Å². The molecule has 1 spiro atoms. The number of carbonyl (C=O) groups is 2. The van der Waals surface area contributed by atoms with Gasteiger partial charge in [-0.15, -0.1) is 11.3 Å². The minimum atomic E-state index is -5.08. The number of likely N-dealkylation sites (N-methyl/N-ethyl adjacent to an activating group) is 1. The lowest BCUT2D eigenvalue weighted by atomic mass is 10.00. The van der Waals surface area contributed by atoms with Crippen molar-refractivity contribution in [2.75, 3.05) is 46.9 Å². The van der Waals surface area contributed by atoms with Gasteiger partial charge in [0.25, 0.3) is 0 Å². The maximum Gasteiger partial charge on any atom is 0.490 e. The van der Waals surface area contributed by atoms with Gasteiger partial charge in [-0.25, -0.2) is 4.79 Å². The summed E-state index contributed by atoms with van der Waals surface area (Å²) in [6.07, 6.45) is -2.36. The maximum absolute atomic E-state index is 12.6. The zero-order valence-electron chi connectivity index (χ0n) is 17.0. The highest BCUT2D eigenvalue weighted by atomic mass is 32.1. The fourth-order valence-corrected chi connectivity index (χ4v) is 4.14. The lowest BCUT2D eigenvalue weighted by Crippen LogP contribution is -2.47. The monoisotopic (exact) mass is 452 g/mol. The zero-order chi connectivity index (χ0) is 22.4. The quantitative estimate of drug-likeness (QED) is 0.755. The van der Waals surface area contributed by atoms with Crippen molar-refractivity contribution < 1.29 is 37.3 Å². The molecule has 1 N–H and O–H groups in total. The van der Waals surface area contributed by atoms with E-state index in [0.717, 1.165) is 24.3 Å². The van der Waals surface area contributed by atoms with Crippen LogP contribution in [-0.2, 0) is 25.5 Å². The number of halogens is 3. The van der Waals surface area contributed by atoms with Crippen molar-refractivity contribution in [1.82, 2.24) is 9.80 Å². The molecule has 2 fully saturated rings. The van der Waals surface area contributed by atoms with E-state index in [1.165, 1.54) is 0 Å². The predicted molar refractivity (Wildman–Crippen MR) is 105 cm³/mol. The van der Waals surface area contributed by atoms with Crippen LogP contribution in [0.1, 0.15) is 17.7 Å². The van der Waals surface area contributed by atoms with E-state index in [2.05, 4.69) is 19.0 Å². The fourth-order valence-electron chi connectivity index (χ4n) is 3.45. The van der Waals surface area contributed by atoms with Crippen molar-refractivity contribution in [3.63, 3.8) is 0 Å². The van der Waals surface area contributed by atoms with Crippen molar-refractivity contribution in [2.24, 2.45) is 0 Å². The minimum Gasteiger partial charge on any atom is -0.475 e. The van der Waals surface area contributed by atoms with Crippen LogP contribution in [0.4, 0.5) is 13.2 Å². The van der Waals surface area contributed by atoms with Crippen LogP contribution in [0.3, 0.4) is 0 Å². The fraction of sp³-hybridized carbons (Fsp3) is 0.684. The van der Waals surface area contributed by atoms with Gasteiger partial charge in [0, 0.05) is 18.0 Å². The molecule has 3 rings (SSSR count). The number of alkyl halides is 3. The molecule has 2 saturated heterocycles. The Hall–Kier alpha value is -1.69. The molecule has 2 unspecified atom stereocenters. The van der Waals surface area contributed by atoms with Crippen LogP contribution in [0.25, 0.3) is 0 Å². The van der Waals surface area contributed by atoms with E-state index in [1.807, 2.05) is 22.4 Å². The molecular formula is C19H27F3N2O5S. The summed E-state index contributed by atoms with van der Waals surface area (Å²) in [6, 6.07) is 4.01. The van der Waals surface area contributed by atoms with Crippen LogP contribution in [0.5, 0.6) is 0 Å². The van der Waals surface area contributed by atoms with Gasteiger partial charge in [-0.05, 0) is 38.4 Å². The third-order valence-corrected chi connectivity index (χ3v) is 5.63. The molecule has 30 heavy (non-hydrogen) atoms. The highest BCUT2D eigenvalue weighted by Crippen LogP contribution is 2.33. The number of rotatable bonds is 4. The smallest absolute Gasteiger partial charge is 0.475 e. The van der Waals surface area contributed by atoms with Crippen LogP contribution < -0.4 is 0 Å². The number of ether oxygens (including phenoxy) is 2. The first-order chi connectivity index (χ1) is 14.0. The summed E-state index contributed by atoms with van der Waals surface area (Å²) >= 11 is 1.64. The van der Waals surface area contributed by atoms with E-state index in [9.17, 15) is 18.0 Å². The van der Waals surface area contributed by atoms with E-state index >= 15 is 0 Å². The minimum absolute atomic E-state index is 0.178. The first-order valence-corrected chi connectivity index (χ1v) is 10.4. The zero-order valence-corrected chi connectivity index (χ0v) is 17.8. The first-order valence-electron chi connectivity index (χ1n) is 9.51. The average molecular weight is 452 g/mol. The number of nitrogens with zero attached hydrogens (tertiary/aromatic N) is 2. The van der Waals surface area contributed by atoms with Gasteiger partial charge < -0.3 is 24.4 Å². The Morgan fingerprint density at radius 3 is 2.67 bits per heavy atom. The Balaban J connectivity index is 0.000000396. The van der Waals surface area contributed by atoms with Gasteiger partial charge >= 0.3 is 12.1 Å². The van der Waals surface area contributed by atoms with E-state index in [-0.39, 0.29) is 17.6 Å². The molecule has 1 aromatic heterocycles. The van der Waals surface area contributed by atoms with Gasteiger partial charge in [0.05, 0.1) is 32.3 Å². The number of amides is 1. The molecule has 0 saturated carbocycles. The van der Waals surface area contributed by atoms with E-state index in [1.54, 1.807) is 11.3 Å². The maximum atomic E-state index is 12.6. The molecule has 0 aromatic carbocycles. The van der Waals surface area contributed by atoms with Crippen LogP contribution in [0.15, 0.2) is 17.5 Å². The topological polar surface area (TPSA) is 79.3 Å². The van der Waals surface area contributed by atoms with Gasteiger partial charge in [-0.2, -0.15) is 13.2 Å². The molecule has 1 aromatic rings. The largest absolute Gasteiger partial charge is 0.490 e. The molecule has 2 aliphatic rings. The summed E-state index contributed by atoms with van der Waals surface area (Å²) in [7, 11) is 4.13. The lowest BCUT2D eigenvalue weighted by Gasteiger charge is -2.32. The molecule has 11 heteroatoms. The van der Waals surface area contributed by atoms with Crippen LogP contribution >= 0.6 is 11.3 Å². The third-order valence-electron chi connectivity index (χ3n) is 4.76. The van der Waals surface area contributed by atoms with Crippen molar-refractivity contribution >= 4 is 23.2 Å². The van der Waals surface area contributed by atoms with Crippen LogP contribution in [0.2, 0.25) is 0 Å². The van der Waals surface area contributed by atoms with Gasteiger partial charge in [0.1, 0.15) is 5.60 Å². The van der Waals surface area contributed by atoms with E-state index < -0.39 is 12.1 Å². The summed E-state index contributed by atoms with van der Waals surface area (Å²) in [6.45, 7) is 3.43. The molecule has 0 bridgehead atoms. The molecule has 2 atom stereocenters. The molecule has 0 aliphatic carbocycles. The van der Waals surface area contributed by atoms with E-state index in [4.69, 9.17) is 19.4 Å². The SMILES string of the molecule is CN(C)CC1CCC2(COCCN(C(=O)Cc3cccs3)C2)O1.O=C(O)C(F)(F)F. The molecular weight excluding hydrogens is 425 g/mol. The van der Waals surface area contributed by atoms with Crippen LogP contribution in [0, 0.1) is 0 Å². The molecule has 2 aliphatic heterocycles.